The number of aliphatic hydroxyl groups is 4. The van der Waals surface area contributed by atoms with Crippen LogP contribution in [0.1, 0.15) is 97.1 Å². The molecule has 0 aromatic heterocycles. The summed E-state index contributed by atoms with van der Waals surface area (Å²) in [7, 11) is 0. The molecule has 3 fully saturated rings. The Bertz CT molecular complexity index is 2030. The van der Waals surface area contributed by atoms with Crippen LogP contribution in [0, 0.1) is 22.7 Å². The van der Waals surface area contributed by atoms with Crippen molar-refractivity contribution < 1.29 is 68.1 Å². The minimum atomic E-state index is -2.36. The van der Waals surface area contributed by atoms with Gasteiger partial charge in [-0.25, -0.2) is 14.4 Å². The van der Waals surface area contributed by atoms with E-state index in [1.807, 2.05) is 13.8 Å². The third-order valence-corrected chi connectivity index (χ3v) is 13.9. The van der Waals surface area contributed by atoms with Crippen molar-refractivity contribution in [2.24, 2.45) is 22.7 Å². The maximum Gasteiger partial charge on any atom is 0.408 e. The predicted molar refractivity (Wildman–Crippen MR) is 213 cm³/mol. The van der Waals surface area contributed by atoms with E-state index >= 15 is 0 Å². The topological polar surface area (TPSA) is 224 Å². The van der Waals surface area contributed by atoms with E-state index in [0.29, 0.717) is 5.56 Å². The first-order valence-corrected chi connectivity index (χ1v) is 20.3. The number of nitrogens with one attached hydrogen (secondary N) is 1. The average Bonchev–Trinajstić information content (AvgIpc) is 3.18. The fourth-order valence-corrected chi connectivity index (χ4v) is 9.64. The molecule has 11 atom stereocenters. The molecule has 1 saturated heterocycles. The molecule has 15 heteroatoms. The zero-order valence-electron chi connectivity index (χ0n) is 35.5. The smallest absolute Gasteiger partial charge is 0.408 e. The van der Waals surface area contributed by atoms with Crippen LogP contribution in [0.4, 0.5) is 4.79 Å². The highest BCUT2D eigenvalue weighted by Crippen LogP contribution is 2.64. The summed E-state index contributed by atoms with van der Waals surface area (Å²) in [6.07, 6.45) is -11.5. The van der Waals surface area contributed by atoms with Crippen LogP contribution in [0.15, 0.2) is 71.8 Å². The van der Waals surface area contributed by atoms with Crippen molar-refractivity contribution >= 4 is 29.8 Å². The zero-order valence-corrected chi connectivity index (χ0v) is 35.5. The highest BCUT2D eigenvalue weighted by Gasteiger charge is 2.78. The van der Waals surface area contributed by atoms with E-state index in [4.69, 9.17) is 23.7 Å². The quantitative estimate of drug-likeness (QED) is 0.130. The minimum absolute atomic E-state index is 0.0630. The van der Waals surface area contributed by atoms with E-state index in [2.05, 4.69) is 5.32 Å². The molecule has 326 valence electrons. The molecule has 60 heavy (non-hydrogen) atoms. The second-order valence-electron chi connectivity index (χ2n) is 18.2. The van der Waals surface area contributed by atoms with Gasteiger partial charge in [0.05, 0.1) is 35.6 Å². The van der Waals surface area contributed by atoms with Crippen LogP contribution in [-0.4, -0.2) is 110 Å². The summed E-state index contributed by atoms with van der Waals surface area (Å²) in [6.45, 7) is 14.0. The van der Waals surface area contributed by atoms with Gasteiger partial charge < -0.3 is 49.4 Å². The molecule has 1 amide bonds. The molecular weight excluding hydrogens is 778 g/mol. The molecule has 3 aliphatic carbocycles. The average molecular weight is 836 g/mol. The highest BCUT2D eigenvalue weighted by atomic mass is 16.6. The van der Waals surface area contributed by atoms with E-state index in [0.717, 1.165) is 6.92 Å². The number of benzene rings is 2. The summed E-state index contributed by atoms with van der Waals surface area (Å²) in [5.74, 6) is -5.45. The number of ketones is 1. The Balaban J connectivity index is 1.47. The lowest BCUT2D eigenvalue weighted by molar-refractivity contribution is -0.346. The van der Waals surface area contributed by atoms with Crippen LogP contribution in [0.3, 0.4) is 0 Å². The van der Waals surface area contributed by atoms with Crippen molar-refractivity contribution in [1.29, 1.82) is 0 Å². The van der Waals surface area contributed by atoms with Crippen molar-refractivity contribution in [3.63, 3.8) is 0 Å². The first-order valence-electron chi connectivity index (χ1n) is 20.3. The molecule has 5 N–H and O–H groups in total. The third kappa shape index (κ3) is 7.31. The first kappa shape index (κ1) is 44.9. The highest BCUT2D eigenvalue weighted by molar-refractivity contribution is 5.94. The Morgan fingerprint density at radius 2 is 1.55 bits per heavy atom. The van der Waals surface area contributed by atoms with E-state index in [-0.39, 0.29) is 35.7 Å². The Morgan fingerprint density at radius 3 is 2.10 bits per heavy atom. The fraction of sp³-hybridized carbons (Fsp3) is 0.578. The summed E-state index contributed by atoms with van der Waals surface area (Å²) in [4.78, 5) is 69.4. The minimum Gasteiger partial charge on any atom is -0.456 e. The number of esters is 3. The molecule has 2 saturated carbocycles. The van der Waals surface area contributed by atoms with Crippen molar-refractivity contribution in [3.05, 3.63) is 82.9 Å². The van der Waals surface area contributed by atoms with Gasteiger partial charge in [-0.1, -0.05) is 76.2 Å². The lowest BCUT2D eigenvalue weighted by atomic mass is 9.44. The van der Waals surface area contributed by atoms with Crippen molar-refractivity contribution in [2.75, 3.05) is 6.61 Å². The number of Topliss-reactive ketones (excluding diaryl/α,β-unsaturated/α-hetero) is 1. The van der Waals surface area contributed by atoms with Gasteiger partial charge in [0.2, 0.25) is 0 Å². The number of carbonyl (C=O) groups is 5. The standard InChI is InChI=1S/C45H57NO14/c1-23(2)42(7,8)60-40(54)46-32(26-16-12-10-13-17-26)34(50)39(53)57-28-21-45(55)37(58-38(52)27-18-14-11-15-19-27)35-43(9,36(51)33(49)31(24(28)3)41(45,5)6)29(48)20-30-44(35,22-56-30)59-25(4)47/h10-19,23,28-30,32-35,37,48-50,55H,20-22H2,1-9H3,(H,46,54)/t28-,29-,30+,32-,33+,34+,35-,37-,43+,44-,45+/m0/s1. The molecule has 2 aromatic rings. The van der Waals surface area contributed by atoms with E-state index in [1.54, 1.807) is 76.2 Å². The van der Waals surface area contributed by atoms with Crippen LogP contribution in [0.2, 0.25) is 0 Å². The lowest BCUT2D eigenvalue weighted by Crippen LogP contribution is -2.81. The van der Waals surface area contributed by atoms with Gasteiger partial charge >= 0.3 is 24.0 Å². The van der Waals surface area contributed by atoms with Gasteiger partial charge in [0.1, 0.15) is 35.6 Å². The van der Waals surface area contributed by atoms with Crippen LogP contribution in [-0.2, 0) is 38.1 Å². The Morgan fingerprint density at radius 1 is 0.950 bits per heavy atom. The van der Waals surface area contributed by atoms with Gasteiger partial charge in [-0.2, -0.15) is 0 Å². The Labute approximate surface area is 349 Å². The van der Waals surface area contributed by atoms with Gasteiger partial charge in [-0.05, 0) is 62.5 Å². The maximum absolute atomic E-state index is 15.0. The number of carbonyl (C=O) groups excluding carboxylic acids is 5. The molecule has 15 nitrogen and oxygen atoms in total. The lowest BCUT2D eigenvalue weighted by Gasteiger charge is -2.67. The molecule has 4 aliphatic rings. The molecular formula is C45H57NO14. The summed E-state index contributed by atoms with van der Waals surface area (Å²) in [5.41, 5.74) is -8.14. The molecule has 1 heterocycles. The summed E-state index contributed by atoms with van der Waals surface area (Å²) >= 11 is 0. The van der Waals surface area contributed by atoms with Crippen LogP contribution < -0.4 is 5.32 Å². The number of hydrogen-bond donors (Lipinski definition) is 5. The Kier molecular flexibility index (Phi) is 12.0. The predicted octanol–water partition coefficient (Wildman–Crippen LogP) is 3.90. The van der Waals surface area contributed by atoms with E-state index in [9.17, 15) is 44.4 Å². The summed E-state index contributed by atoms with van der Waals surface area (Å²) in [6, 6.07) is 14.7. The van der Waals surface area contributed by atoms with Crippen molar-refractivity contribution in [3.8, 4) is 0 Å². The van der Waals surface area contributed by atoms with Crippen LogP contribution >= 0.6 is 0 Å². The fourth-order valence-electron chi connectivity index (χ4n) is 9.64. The monoisotopic (exact) mass is 835 g/mol. The third-order valence-electron chi connectivity index (χ3n) is 13.9. The number of rotatable bonds is 10. The maximum atomic E-state index is 15.0. The number of alkyl carbamates (subject to hydrolysis) is 1. The SMILES string of the molecule is CC(=O)O[C@@]12CO[C@@H]1C[C@H](O)[C@@]1(C)C(=O)[C@H](O)C3=C(C)[C@@H](OC(=O)[C@H](O)[C@@H](NC(=O)OC(C)(C)C(C)C)c4ccccc4)C[C@@](O)([C@@H](OC(=O)c4ccccc4)[C@H]21)C3(C)C. The van der Waals surface area contributed by atoms with Gasteiger partial charge in [0.15, 0.2) is 17.5 Å². The molecule has 6 rings (SSSR count). The normalized spacial score (nSPS) is 33.1. The molecule has 2 aromatic carbocycles. The van der Waals surface area contributed by atoms with Crippen LogP contribution in [0.25, 0.3) is 0 Å². The van der Waals surface area contributed by atoms with E-state index in [1.165, 1.54) is 26.0 Å². The van der Waals surface area contributed by atoms with Gasteiger partial charge in [-0.15, -0.1) is 0 Å². The molecule has 0 spiro atoms. The van der Waals surface area contributed by atoms with Crippen molar-refractivity contribution in [2.45, 2.75) is 135 Å². The molecule has 0 radical (unpaired) electrons. The van der Waals surface area contributed by atoms with Crippen LogP contribution in [0.5, 0.6) is 0 Å². The molecule has 1 aliphatic heterocycles. The second kappa shape index (κ2) is 16.0. The zero-order chi connectivity index (χ0) is 44.3. The summed E-state index contributed by atoms with van der Waals surface area (Å²) < 4.78 is 29.8. The largest absolute Gasteiger partial charge is 0.456 e. The van der Waals surface area contributed by atoms with Crippen molar-refractivity contribution in [1.82, 2.24) is 5.32 Å². The van der Waals surface area contributed by atoms with E-state index < -0.39 is 112 Å². The number of hydrogen-bond acceptors (Lipinski definition) is 14. The Hall–Kier alpha value is -4.67. The number of fused-ring (bicyclic) bond motifs is 5. The number of ether oxygens (including phenoxy) is 5. The molecule has 0 unspecified atom stereocenters. The molecule has 2 bridgehead atoms. The van der Waals surface area contributed by atoms with Gasteiger partial charge in [-0.3, -0.25) is 9.59 Å². The first-order chi connectivity index (χ1) is 27.9. The number of amides is 1. The second-order valence-corrected chi connectivity index (χ2v) is 18.2. The summed E-state index contributed by atoms with van der Waals surface area (Å²) in [5, 5.41) is 51.8. The van der Waals surface area contributed by atoms with Gasteiger partial charge in [0.25, 0.3) is 0 Å². The number of aliphatic hydroxyl groups excluding tert-OH is 3. The van der Waals surface area contributed by atoms with Gasteiger partial charge in [0, 0.05) is 25.2 Å².